The van der Waals surface area contributed by atoms with E-state index in [2.05, 4.69) is 4.72 Å². The van der Waals surface area contributed by atoms with Gasteiger partial charge in [0.1, 0.15) is 23.1 Å². The SMILES string of the molecule is COc1ccc2c(c1)c(=O)oc1c(C)c(OC(=O)C(NS(=O)(=O)c3ccc(C)cc3)c3ccccc3)ccc12. The molecule has 4 aromatic carbocycles. The molecule has 1 atom stereocenters. The predicted molar refractivity (Wildman–Crippen MR) is 148 cm³/mol. The molecule has 8 nitrogen and oxygen atoms in total. The van der Waals surface area contributed by atoms with Crippen LogP contribution in [-0.4, -0.2) is 21.5 Å². The number of fused-ring (bicyclic) bond motifs is 3. The van der Waals surface area contributed by atoms with Gasteiger partial charge in [-0.25, -0.2) is 18.0 Å². The third kappa shape index (κ3) is 5.14. The lowest BCUT2D eigenvalue weighted by Gasteiger charge is -2.19. The first-order valence-corrected chi connectivity index (χ1v) is 13.6. The van der Waals surface area contributed by atoms with E-state index in [-0.39, 0.29) is 16.2 Å². The van der Waals surface area contributed by atoms with E-state index in [0.29, 0.717) is 33.0 Å². The van der Waals surface area contributed by atoms with Crippen molar-refractivity contribution in [2.24, 2.45) is 0 Å². The van der Waals surface area contributed by atoms with Gasteiger partial charge in [0.2, 0.25) is 10.0 Å². The molecule has 0 amide bonds. The van der Waals surface area contributed by atoms with Crippen LogP contribution in [0.15, 0.2) is 99.0 Å². The second-order valence-corrected chi connectivity index (χ2v) is 10.8. The minimum absolute atomic E-state index is 0.0222. The summed E-state index contributed by atoms with van der Waals surface area (Å²) in [7, 11) is -2.55. The van der Waals surface area contributed by atoms with Gasteiger partial charge in [0.25, 0.3) is 0 Å². The average Bonchev–Trinajstić information content (AvgIpc) is 2.94. The quantitative estimate of drug-likeness (QED) is 0.130. The maximum Gasteiger partial charge on any atom is 0.344 e. The molecular formula is C30H25NO7S. The van der Waals surface area contributed by atoms with Gasteiger partial charge in [-0.2, -0.15) is 4.72 Å². The molecule has 0 spiro atoms. The maximum absolute atomic E-state index is 13.5. The standard InChI is InChI=1S/C30H25NO7S/c1-18-9-12-22(13-10-18)39(34,35)31-27(20-7-5-4-6-8-20)30(33)37-26-16-15-24-23-14-11-21(36-3)17-25(23)29(32)38-28(24)19(26)2/h4-17,27,31H,1-3H3. The van der Waals surface area contributed by atoms with Crippen LogP contribution in [-0.2, 0) is 14.8 Å². The van der Waals surface area contributed by atoms with Crippen molar-refractivity contribution in [3.05, 3.63) is 112 Å². The van der Waals surface area contributed by atoms with Crippen LogP contribution in [0.2, 0.25) is 0 Å². The van der Waals surface area contributed by atoms with Gasteiger partial charge >= 0.3 is 11.6 Å². The lowest BCUT2D eigenvalue weighted by molar-refractivity contribution is -0.136. The van der Waals surface area contributed by atoms with Crippen LogP contribution in [0.1, 0.15) is 22.7 Å². The van der Waals surface area contributed by atoms with Gasteiger partial charge in [-0.15, -0.1) is 0 Å². The molecule has 1 aromatic heterocycles. The first-order chi connectivity index (χ1) is 18.7. The molecule has 0 bridgehead atoms. The third-order valence-electron chi connectivity index (χ3n) is 6.47. The summed E-state index contributed by atoms with van der Waals surface area (Å²) in [6.07, 6.45) is 0. The minimum atomic E-state index is -4.06. The molecule has 1 unspecified atom stereocenters. The van der Waals surface area contributed by atoms with Gasteiger partial charge in [0.05, 0.1) is 17.4 Å². The summed E-state index contributed by atoms with van der Waals surface area (Å²) in [4.78, 5) is 26.2. The zero-order valence-electron chi connectivity index (χ0n) is 21.4. The number of hydrogen-bond acceptors (Lipinski definition) is 7. The Hall–Kier alpha value is -4.47. The fourth-order valence-electron chi connectivity index (χ4n) is 4.34. The summed E-state index contributed by atoms with van der Waals surface area (Å²) in [6.45, 7) is 3.51. The van der Waals surface area contributed by atoms with Gasteiger partial charge < -0.3 is 13.9 Å². The number of carbonyl (C=O) groups is 1. The molecule has 0 fully saturated rings. The van der Waals surface area contributed by atoms with Crippen LogP contribution in [0, 0.1) is 13.8 Å². The Balaban J connectivity index is 1.52. The number of esters is 1. The van der Waals surface area contributed by atoms with Crippen molar-refractivity contribution in [3.63, 3.8) is 0 Å². The minimum Gasteiger partial charge on any atom is -0.497 e. The summed E-state index contributed by atoms with van der Waals surface area (Å²) < 4.78 is 45.3. The summed E-state index contributed by atoms with van der Waals surface area (Å²) in [5, 5.41) is 1.68. The van der Waals surface area contributed by atoms with E-state index in [1.54, 1.807) is 79.7 Å². The number of hydrogen-bond donors (Lipinski definition) is 1. The number of sulfonamides is 1. The summed E-state index contributed by atoms with van der Waals surface area (Å²) in [5.41, 5.74) is 1.43. The molecule has 5 rings (SSSR count). The van der Waals surface area contributed by atoms with Crippen molar-refractivity contribution in [3.8, 4) is 11.5 Å². The van der Waals surface area contributed by atoms with Crippen molar-refractivity contribution < 1.29 is 27.1 Å². The Labute approximate surface area is 224 Å². The Morgan fingerprint density at radius 1 is 0.872 bits per heavy atom. The maximum atomic E-state index is 13.5. The van der Waals surface area contributed by atoms with Gasteiger partial charge in [0.15, 0.2) is 0 Å². The molecule has 0 aliphatic heterocycles. The van der Waals surface area contributed by atoms with Crippen LogP contribution in [0.3, 0.4) is 0 Å². The van der Waals surface area contributed by atoms with E-state index >= 15 is 0 Å². The Bertz CT molecular complexity index is 1860. The monoisotopic (exact) mass is 543 g/mol. The van der Waals surface area contributed by atoms with Crippen LogP contribution in [0.4, 0.5) is 0 Å². The normalized spacial score (nSPS) is 12.4. The van der Waals surface area contributed by atoms with Crippen molar-refractivity contribution in [2.75, 3.05) is 7.11 Å². The molecular weight excluding hydrogens is 518 g/mol. The molecule has 9 heteroatoms. The summed E-state index contributed by atoms with van der Waals surface area (Å²) in [5.74, 6) is -0.178. The molecule has 0 saturated heterocycles. The number of rotatable bonds is 7. The van der Waals surface area contributed by atoms with E-state index in [9.17, 15) is 18.0 Å². The highest BCUT2D eigenvalue weighted by Gasteiger charge is 2.29. The van der Waals surface area contributed by atoms with Crippen molar-refractivity contribution in [1.82, 2.24) is 4.72 Å². The van der Waals surface area contributed by atoms with Gasteiger partial charge in [-0.1, -0.05) is 48.0 Å². The van der Waals surface area contributed by atoms with E-state index in [1.807, 2.05) is 6.92 Å². The van der Waals surface area contributed by atoms with E-state index in [4.69, 9.17) is 13.9 Å². The highest BCUT2D eigenvalue weighted by atomic mass is 32.2. The van der Waals surface area contributed by atoms with E-state index in [0.717, 1.165) is 5.56 Å². The number of methoxy groups -OCH3 is 1. The molecule has 0 aliphatic carbocycles. The van der Waals surface area contributed by atoms with E-state index in [1.165, 1.54) is 19.2 Å². The molecule has 0 aliphatic rings. The zero-order chi connectivity index (χ0) is 27.7. The first kappa shape index (κ1) is 26.1. The zero-order valence-corrected chi connectivity index (χ0v) is 22.2. The van der Waals surface area contributed by atoms with Crippen LogP contribution in [0.5, 0.6) is 11.5 Å². The molecule has 1 heterocycles. The smallest absolute Gasteiger partial charge is 0.344 e. The van der Waals surface area contributed by atoms with Crippen molar-refractivity contribution in [2.45, 2.75) is 24.8 Å². The molecule has 0 saturated carbocycles. The van der Waals surface area contributed by atoms with Crippen molar-refractivity contribution in [1.29, 1.82) is 0 Å². The highest BCUT2D eigenvalue weighted by Crippen LogP contribution is 2.33. The average molecular weight is 544 g/mol. The van der Waals surface area contributed by atoms with Crippen LogP contribution >= 0.6 is 0 Å². The molecule has 39 heavy (non-hydrogen) atoms. The Morgan fingerprint density at radius 3 is 2.26 bits per heavy atom. The fraction of sp³-hybridized carbons (Fsp3) is 0.133. The van der Waals surface area contributed by atoms with Crippen LogP contribution < -0.4 is 19.8 Å². The number of benzene rings is 4. The Morgan fingerprint density at radius 2 is 1.56 bits per heavy atom. The number of carbonyl (C=O) groups excluding carboxylic acids is 1. The van der Waals surface area contributed by atoms with Gasteiger partial charge in [0, 0.05) is 16.3 Å². The second kappa shape index (κ2) is 10.4. The number of nitrogens with one attached hydrogen (secondary N) is 1. The topological polar surface area (TPSA) is 112 Å². The Kier molecular flexibility index (Phi) is 6.94. The first-order valence-electron chi connectivity index (χ1n) is 12.1. The highest BCUT2D eigenvalue weighted by molar-refractivity contribution is 7.89. The number of aryl methyl sites for hydroxylation is 2. The summed E-state index contributed by atoms with van der Waals surface area (Å²) >= 11 is 0. The molecule has 198 valence electrons. The third-order valence-corrected chi connectivity index (χ3v) is 7.91. The van der Waals surface area contributed by atoms with Crippen molar-refractivity contribution >= 4 is 37.7 Å². The number of ether oxygens (including phenoxy) is 2. The second-order valence-electron chi connectivity index (χ2n) is 9.07. The molecule has 5 aromatic rings. The lowest BCUT2D eigenvalue weighted by Crippen LogP contribution is -2.36. The van der Waals surface area contributed by atoms with Crippen LogP contribution in [0.25, 0.3) is 21.7 Å². The van der Waals surface area contributed by atoms with E-state index < -0.39 is 27.7 Å². The molecule has 0 radical (unpaired) electrons. The lowest BCUT2D eigenvalue weighted by atomic mass is 10.0. The largest absolute Gasteiger partial charge is 0.497 e. The molecule has 1 N–H and O–H groups in total. The van der Waals surface area contributed by atoms with Gasteiger partial charge in [-0.3, -0.25) is 0 Å². The van der Waals surface area contributed by atoms with Gasteiger partial charge in [-0.05, 0) is 61.9 Å². The predicted octanol–water partition coefficient (Wildman–Crippen LogP) is 5.20. The summed E-state index contributed by atoms with van der Waals surface area (Å²) in [6, 6.07) is 21.8. The fourth-order valence-corrected chi connectivity index (χ4v) is 5.51.